The molecular formula is C21H13F3O4S. The van der Waals surface area contributed by atoms with E-state index in [-0.39, 0.29) is 11.1 Å². The smallest absolute Gasteiger partial charge is 0.419 e. The third kappa shape index (κ3) is 2.82. The number of aromatic hydroxyl groups is 2. The van der Waals surface area contributed by atoms with Crippen LogP contribution in [0.15, 0.2) is 65.6 Å². The number of esters is 1. The van der Waals surface area contributed by atoms with Crippen LogP contribution in [0.4, 0.5) is 13.2 Å². The van der Waals surface area contributed by atoms with Gasteiger partial charge < -0.3 is 14.9 Å². The summed E-state index contributed by atoms with van der Waals surface area (Å²) < 4.78 is 45.7. The molecule has 1 aliphatic heterocycles. The predicted molar refractivity (Wildman–Crippen MR) is 100 cm³/mol. The van der Waals surface area contributed by atoms with Crippen molar-refractivity contribution >= 4 is 18.6 Å². The highest BCUT2D eigenvalue weighted by atomic mass is 32.1. The number of fused-ring (bicyclic) bond motifs is 1. The summed E-state index contributed by atoms with van der Waals surface area (Å²) in [5.74, 6) is -2.46. The minimum Gasteiger partial charge on any atom is -0.504 e. The van der Waals surface area contributed by atoms with Gasteiger partial charge in [-0.25, -0.2) is 4.79 Å². The Hall–Kier alpha value is -3.13. The van der Waals surface area contributed by atoms with Gasteiger partial charge in [0.15, 0.2) is 11.5 Å². The molecule has 4 nitrogen and oxygen atoms in total. The molecule has 4 rings (SSSR count). The zero-order valence-electron chi connectivity index (χ0n) is 14.6. The van der Waals surface area contributed by atoms with Gasteiger partial charge in [0.1, 0.15) is 11.2 Å². The summed E-state index contributed by atoms with van der Waals surface area (Å²) in [6.07, 6.45) is -4.73. The van der Waals surface area contributed by atoms with E-state index in [1.54, 1.807) is 24.3 Å². The van der Waals surface area contributed by atoms with Crippen LogP contribution in [-0.4, -0.2) is 16.2 Å². The maximum absolute atomic E-state index is 13.5. The van der Waals surface area contributed by atoms with Gasteiger partial charge in [-0.15, -0.1) is 12.6 Å². The van der Waals surface area contributed by atoms with Gasteiger partial charge in [0.25, 0.3) is 0 Å². The fourth-order valence-corrected chi connectivity index (χ4v) is 3.78. The highest BCUT2D eigenvalue weighted by Gasteiger charge is 2.54. The molecule has 1 heterocycles. The number of carbonyl (C=O) groups is 1. The number of thiol groups is 1. The van der Waals surface area contributed by atoms with Gasteiger partial charge in [-0.2, -0.15) is 13.2 Å². The molecule has 0 bridgehead atoms. The highest BCUT2D eigenvalue weighted by Crippen LogP contribution is 2.53. The zero-order chi connectivity index (χ0) is 21.0. The lowest BCUT2D eigenvalue weighted by atomic mass is 9.70. The van der Waals surface area contributed by atoms with E-state index in [9.17, 15) is 28.2 Å². The number of hydrogen-bond donors (Lipinski definition) is 3. The first kappa shape index (κ1) is 19.2. The Morgan fingerprint density at radius 3 is 2.17 bits per heavy atom. The van der Waals surface area contributed by atoms with E-state index >= 15 is 0 Å². The van der Waals surface area contributed by atoms with E-state index in [4.69, 9.17) is 4.74 Å². The van der Waals surface area contributed by atoms with E-state index in [0.717, 1.165) is 18.2 Å². The normalized spacial score (nSPS) is 18.4. The molecule has 0 aliphatic carbocycles. The molecule has 3 aromatic carbocycles. The number of benzene rings is 3. The Morgan fingerprint density at radius 1 is 0.897 bits per heavy atom. The Labute approximate surface area is 168 Å². The minimum absolute atomic E-state index is 0.00525. The third-order valence-corrected chi connectivity index (χ3v) is 5.23. The lowest BCUT2D eigenvalue weighted by Crippen LogP contribution is -2.36. The molecule has 0 saturated carbocycles. The highest BCUT2D eigenvalue weighted by molar-refractivity contribution is 7.80. The van der Waals surface area contributed by atoms with Crippen molar-refractivity contribution in [3.8, 4) is 17.2 Å². The SMILES string of the molecule is O=C1Oc2c(C(F)(F)F)cccc2C1(c1ccc(S)cc1)c1ccc(O)c(O)c1. The summed E-state index contributed by atoms with van der Waals surface area (Å²) in [6, 6.07) is 13.4. The molecule has 2 N–H and O–H groups in total. The van der Waals surface area contributed by atoms with Crippen LogP contribution in [0.5, 0.6) is 17.2 Å². The fraction of sp³-hybridized carbons (Fsp3) is 0.0952. The maximum Gasteiger partial charge on any atom is 0.419 e. The topological polar surface area (TPSA) is 66.8 Å². The summed E-state index contributed by atoms with van der Waals surface area (Å²) in [7, 11) is 0. The van der Waals surface area contributed by atoms with Gasteiger partial charge in [-0.1, -0.05) is 30.3 Å². The second-order valence-corrected chi connectivity index (χ2v) is 7.09. The van der Waals surface area contributed by atoms with E-state index in [1.165, 1.54) is 18.2 Å². The van der Waals surface area contributed by atoms with Crippen LogP contribution in [0.25, 0.3) is 0 Å². The standard InChI is InChI=1S/C21H13F3O4S/c22-21(23,24)15-3-1-2-14-18(15)28-19(27)20(14,11-4-7-13(29)8-5-11)12-6-9-16(25)17(26)10-12/h1-10,25-26,29H. The Balaban J connectivity index is 2.10. The predicted octanol–water partition coefficient (Wildman–Crippen LogP) is 4.66. The van der Waals surface area contributed by atoms with Crippen molar-refractivity contribution in [1.82, 2.24) is 0 Å². The first-order valence-corrected chi connectivity index (χ1v) is 8.85. The number of hydrogen-bond acceptors (Lipinski definition) is 5. The van der Waals surface area contributed by atoms with Crippen LogP contribution in [0.2, 0.25) is 0 Å². The van der Waals surface area contributed by atoms with E-state index in [2.05, 4.69) is 12.6 Å². The molecule has 0 radical (unpaired) electrons. The molecule has 0 aromatic heterocycles. The average Bonchev–Trinajstić information content (AvgIpc) is 2.96. The van der Waals surface area contributed by atoms with E-state index in [0.29, 0.717) is 10.5 Å². The van der Waals surface area contributed by atoms with E-state index < -0.39 is 40.4 Å². The van der Waals surface area contributed by atoms with Crippen molar-refractivity contribution < 1.29 is 32.9 Å². The fourth-order valence-electron chi connectivity index (χ4n) is 3.63. The lowest BCUT2D eigenvalue weighted by Gasteiger charge is -2.28. The molecule has 1 atom stereocenters. The van der Waals surface area contributed by atoms with Crippen LogP contribution < -0.4 is 4.74 Å². The molecule has 1 aliphatic rings. The number of alkyl halides is 3. The largest absolute Gasteiger partial charge is 0.504 e. The van der Waals surface area contributed by atoms with Crippen molar-refractivity contribution in [3.63, 3.8) is 0 Å². The summed E-state index contributed by atoms with van der Waals surface area (Å²) in [6.45, 7) is 0. The number of ether oxygens (including phenoxy) is 1. The van der Waals surface area contributed by atoms with Gasteiger partial charge in [-0.3, -0.25) is 0 Å². The maximum atomic E-state index is 13.5. The third-order valence-electron chi connectivity index (χ3n) is 4.93. The van der Waals surface area contributed by atoms with Crippen LogP contribution in [-0.2, 0) is 16.4 Å². The Morgan fingerprint density at radius 2 is 1.55 bits per heavy atom. The molecule has 29 heavy (non-hydrogen) atoms. The Kier molecular flexibility index (Phi) is 4.27. The van der Waals surface area contributed by atoms with Crippen LogP contribution in [0, 0.1) is 0 Å². The second-order valence-electron chi connectivity index (χ2n) is 6.57. The summed E-state index contributed by atoms with van der Waals surface area (Å²) in [5, 5.41) is 19.7. The van der Waals surface area contributed by atoms with E-state index in [1.807, 2.05) is 0 Å². The van der Waals surface area contributed by atoms with Crippen molar-refractivity contribution in [2.24, 2.45) is 0 Å². The lowest BCUT2D eigenvalue weighted by molar-refractivity contribution is -0.141. The van der Waals surface area contributed by atoms with Crippen molar-refractivity contribution in [2.75, 3.05) is 0 Å². The van der Waals surface area contributed by atoms with Crippen LogP contribution in [0.1, 0.15) is 22.3 Å². The van der Waals surface area contributed by atoms with Crippen LogP contribution >= 0.6 is 12.6 Å². The summed E-state index contributed by atoms with van der Waals surface area (Å²) in [4.78, 5) is 13.8. The van der Waals surface area contributed by atoms with Crippen molar-refractivity contribution in [3.05, 3.63) is 82.9 Å². The zero-order valence-corrected chi connectivity index (χ0v) is 15.5. The van der Waals surface area contributed by atoms with Crippen LogP contribution in [0.3, 0.4) is 0 Å². The average molecular weight is 418 g/mol. The molecule has 3 aromatic rings. The number of carbonyl (C=O) groups excluding carboxylic acids is 1. The van der Waals surface area contributed by atoms with Gasteiger partial charge in [0, 0.05) is 10.5 Å². The number of halogens is 3. The van der Waals surface area contributed by atoms with Crippen molar-refractivity contribution in [1.29, 1.82) is 0 Å². The molecule has 148 valence electrons. The quantitative estimate of drug-likeness (QED) is 0.245. The Bertz CT molecular complexity index is 1130. The van der Waals surface area contributed by atoms with Gasteiger partial charge >= 0.3 is 12.1 Å². The molecule has 0 amide bonds. The number of phenolic OH excluding ortho intramolecular Hbond substituents is 2. The second kappa shape index (κ2) is 6.45. The number of phenols is 2. The first-order chi connectivity index (χ1) is 13.7. The molecule has 0 spiro atoms. The van der Waals surface area contributed by atoms with Gasteiger partial charge in [-0.05, 0) is 41.5 Å². The number of para-hydroxylation sites is 1. The summed E-state index contributed by atoms with van der Waals surface area (Å²) in [5.41, 5.74) is -2.34. The molecule has 8 heteroatoms. The first-order valence-electron chi connectivity index (χ1n) is 8.40. The molecule has 0 saturated heterocycles. The van der Waals surface area contributed by atoms with Gasteiger partial charge in [0.2, 0.25) is 0 Å². The van der Waals surface area contributed by atoms with Gasteiger partial charge in [0.05, 0.1) is 5.56 Å². The molecular weight excluding hydrogens is 405 g/mol. The minimum atomic E-state index is -4.73. The monoisotopic (exact) mass is 418 g/mol. The van der Waals surface area contributed by atoms with Crippen molar-refractivity contribution in [2.45, 2.75) is 16.5 Å². The molecule has 1 unspecified atom stereocenters. The number of rotatable bonds is 2. The molecule has 0 fully saturated rings. The summed E-state index contributed by atoms with van der Waals surface area (Å²) >= 11 is 4.21.